The van der Waals surface area contributed by atoms with Gasteiger partial charge in [-0.1, -0.05) is 20.3 Å². The van der Waals surface area contributed by atoms with Crippen LogP contribution in [0.5, 0.6) is 0 Å². The van der Waals surface area contributed by atoms with E-state index in [1.807, 2.05) is 0 Å². The maximum atomic E-state index is 6.16. The highest BCUT2D eigenvalue weighted by atomic mass is 16.5. The first-order valence-electron chi connectivity index (χ1n) is 7.77. The smallest absolute Gasteiger partial charge is 0.0593 e. The number of piperidine rings is 1. The van der Waals surface area contributed by atoms with Crippen LogP contribution in [0.25, 0.3) is 0 Å². The molecule has 2 atom stereocenters. The Morgan fingerprint density at radius 1 is 1.33 bits per heavy atom. The highest BCUT2D eigenvalue weighted by Crippen LogP contribution is 2.34. The minimum Gasteiger partial charge on any atom is -0.378 e. The summed E-state index contributed by atoms with van der Waals surface area (Å²) in [6.45, 7) is 8.77. The fourth-order valence-corrected chi connectivity index (χ4v) is 3.59. The highest BCUT2D eigenvalue weighted by molar-refractivity contribution is 4.97. The van der Waals surface area contributed by atoms with E-state index in [1.165, 1.54) is 38.8 Å². The maximum Gasteiger partial charge on any atom is 0.0593 e. The third-order valence-electron chi connectivity index (χ3n) is 4.97. The van der Waals surface area contributed by atoms with Gasteiger partial charge in [0.2, 0.25) is 0 Å². The standard InChI is InChI=1S/C15H30N2O/c1-3-4-14-11-15(12-16,7-10-18-14)17-8-5-13(2)6-9-17/h13-14H,3-12,16H2,1-2H3. The molecular formula is C15H30N2O. The van der Waals surface area contributed by atoms with Crippen molar-refractivity contribution in [3.63, 3.8) is 0 Å². The predicted molar refractivity (Wildman–Crippen MR) is 75.6 cm³/mol. The van der Waals surface area contributed by atoms with Crippen molar-refractivity contribution in [1.29, 1.82) is 0 Å². The molecule has 0 spiro atoms. The Bertz CT molecular complexity index is 249. The summed E-state index contributed by atoms with van der Waals surface area (Å²) in [6.07, 6.45) is 7.77. The normalized spacial score (nSPS) is 35.8. The van der Waals surface area contributed by atoms with E-state index in [4.69, 9.17) is 10.5 Å². The molecule has 2 aliphatic rings. The molecular weight excluding hydrogens is 224 g/mol. The molecule has 0 aromatic carbocycles. The second-order valence-corrected chi connectivity index (χ2v) is 6.33. The molecule has 0 amide bonds. The lowest BCUT2D eigenvalue weighted by molar-refractivity contribution is -0.0809. The molecule has 2 aliphatic heterocycles. The Hall–Kier alpha value is -0.120. The van der Waals surface area contributed by atoms with Gasteiger partial charge in [-0.15, -0.1) is 0 Å². The van der Waals surface area contributed by atoms with Crippen LogP contribution in [0.3, 0.4) is 0 Å². The fourth-order valence-electron chi connectivity index (χ4n) is 3.59. The van der Waals surface area contributed by atoms with Crippen LogP contribution in [-0.4, -0.2) is 42.8 Å². The Labute approximate surface area is 112 Å². The molecule has 18 heavy (non-hydrogen) atoms. The second kappa shape index (κ2) is 6.36. The SMILES string of the molecule is CCCC1CC(CN)(N2CCC(C)CC2)CCO1. The molecule has 2 fully saturated rings. The molecule has 2 saturated heterocycles. The average molecular weight is 254 g/mol. The minimum absolute atomic E-state index is 0.234. The Morgan fingerprint density at radius 3 is 2.67 bits per heavy atom. The molecule has 0 bridgehead atoms. The Balaban J connectivity index is 2.00. The van der Waals surface area contributed by atoms with Crippen molar-refractivity contribution in [1.82, 2.24) is 4.90 Å². The van der Waals surface area contributed by atoms with Gasteiger partial charge in [0.1, 0.15) is 0 Å². The van der Waals surface area contributed by atoms with Gasteiger partial charge in [0.05, 0.1) is 6.10 Å². The van der Waals surface area contributed by atoms with E-state index >= 15 is 0 Å². The van der Waals surface area contributed by atoms with Crippen LogP contribution in [0.1, 0.15) is 52.4 Å². The van der Waals surface area contributed by atoms with Crippen molar-refractivity contribution in [3.05, 3.63) is 0 Å². The van der Waals surface area contributed by atoms with Crippen molar-refractivity contribution in [2.24, 2.45) is 11.7 Å². The summed E-state index contributed by atoms with van der Waals surface area (Å²) in [7, 11) is 0. The van der Waals surface area contributed by atoms with Crippen LogP contribution >= 0.6 is 0 Å². The van der Waals surface area contributed by atoms with Gasteiger partial charge in [0.15, 0.2) is 0 Å². The largest absolute Gasteiger partial charge is 0.378 e. The van der Waals surface area contributed by atoms with Crippen LogP contribution in [0, 0.1) is 5.92 Å². The van der Waals surface area contributed by atoms with Gasteiger partial charge in [-0.3, -0.25) is 4.90 Å². The highest BCUT2D eigenvalue weighted by Gasteiger charge is 2.41. The van der Waals surface area contributed by atoms with E-state index in [9.17, 15) is 0 Å². The van der Waals surface area contributed by atoms with E-state index in [2.05, 4.69) is 18.7 Å². The van der Waals surface area contributed by atoms with Gasteiger partial charge in [-0.05, 0) is 51.1 Å². The molecule has 0 radical (unpaired) electrons. The average Bonchev–Trinajstić information content (AvgIpc) is 2.40. The maximum absolute atomic E-state index is 6.16. The molecule has 0 aromatic heterocycles. The number of hydrogen-bond acceptors (Lipinski definition) is 3. The molecule has 3 heteroatoms. The number of nitrogens with two attached hydrogens (primary N) is 1. The first-order valence-corrected chi connectivity index (χ1v) is 7.77. The van der Waals surface area contributed by atoms with E-state index in [1.54, 1.807) is 0 Å². The van der Waals surface area contributed by atoms with Crippen molar-refractivity contribution in [3.8, 4) is 0 Å². The summed E-state index contributed by atoms with van der Waals surface area (Å²) >= 11 is 0. The number of nitrogens with zero attached hydrogens (tertiary/aromatic N) is 1. The van der Waals surface area contributed by atoms with Crippen LogP contribution < -0.4 is 5.73 Å². The van der Waals surface area contributed by atoms with Gasteiger partial charge in [0.25, 0.3) is 0 Å². The second-order valence-electron chi connectivity index (χ2n) is 6.33. The molecule has 0 saturated carbocycles. The first-order chi connectivity index (χ1) is 8.70. The van der Waals surface area contributed by atoms with Crippen molar-refractivity contribution in [2.75, 3.05) is 26.2 Å². The van der Waals surface area contributed by atoms with Crippen LogP contribution in [0.4, 0.5) is 0 Å². The fraction of sp³-hybridized carbons (Fsp3) is 1.00. The summed E-state index contributed by atoms with van der Waals surface area (Å²) in [5, 5.41) is 0. The number of ether oxygens (including phenoxy) is 1. The zero-order valence-electron chi connectivity index (χ0n) is 12.2. The van der Waals surface area contributed by atoms with E-state index in [0.717, 1.165) is 31.9 Å². The molecule has 2 rings (SSSR count). The van der Waals surface area contributed by atoms with Crippen molar-refractivity contribution < 1.29 is 4.74 Å². The Morgan fingerprint density at radius 2 is 2.06 bits per heavy atom. The van der Waals surface area contributed by atoms with E-state index < -0.39 is 0 Å². The van der Waals surface area contributed by atoms with Crippen molar-refractivity contribution >= 4 is 0 Å². The monoisotopic (exact) mass is 254 g/mol. The minimum atomic E-state index is 0.234. The third kappa shape index (κ3) is 3.06. The first kappa shape index (κ1) is 14.3. The number of hydrogen-bond donors (Lipinski definition) is 1. The van der Waals surface area contributed by atoms with Crippen molar-refractivity contribution in [2.45, 2.75) is 64.0 Å². The lowest BCUT2D eigenvalue weighted by Gasteiger charge is -2.50. The van der Waals surface area contributed by atoms with Crippen LogP contribution in [0.2, 0.25) is 0 Å². The molecule has 3 nitrogen and oxygen atoms in total. The van der Waals surface area contributed by atoms with Gasteiger partial charge < -0.3 is 10.5 Å². The van der Waals surface area contributed by atoms with Crippen LogP contribution in [-0.2, 0) is 4.74 Å². The number of likely N-dealkylation sites (tertiary alicyclic amines) is 1. The lowest BCUT2D eigenvalue weighted by atomic mass is 9.81. The quantitative estimate of drug-likeness (QED) is 0.837. The molecule has 2 unspecified atom stereocenters. The third-order valence-corrected chi connectivity index (χ3v) is 4.97. The van der Waals surface area contributed by atoms with Gasteiger partial charge >= 0.3 is 0 Å². The molecule has 106 valence electrons. The summed E-state index contributed by atoms with van der Waals surface area (Å²) in [6, 6.07) is 0. The topological polar surface area (TPSA) is 38.5 Å². The summed E-state index contributed by atoms with van der Waals surface area (Å²) in [4.78, 5) is 2.68. The lowest BCUT2D eigenvalue weighted by Crippen LogP contribution is -2.60. The van der Waals surface area contributed by atoms with Gasteiger partial charge in [-0.25, -0.2) is 0 Å². The summed E-state index contributed by atoms with van der Waals surface area (Å²) < 4.78 is 5.91. The summed E-state index contributed by atoms with van der Waals surface area (Å²) in [5.74, 6) is 0.891. The zero-order valence-corrected chi connectivity index (χ0v) is 12.2. The molecule has 2 N–H and O–H groups in total. The molecule has 2 heterocycles. The number of rotatable bonds is 4. The van der Waals surface area contributed by atoms with Gasteiger partial charge in [0, 0.05) is 18.7 Å². The molecule has 0 aromatic rings. The van der Waals surface area contributed by atoms with E-state index in [0.29, 0.717) is 6.10 Å². The predicted octanol–water partition coefficient (Wildman–Crippen LogP) is 2.39. The van der Waals surface area contributed by atoms with Gasteiger partial charge in [-0.2, -0.15) is 0 Å². The Kier molecular flexibility index (Phi) is 5.05. The summed E-state index contributed by atoms with van der Waals surface area (Å²) in [5.41, 5.74) is 6.40. The zero-order chi connectivity index (χ0) is 13.0. The molecule has 0 aliphatic carbocycles. The van der Waals surface area contributed by atoms with E-state index in [-0.39, 0.29) is 5.54 Å². The van der Waals surface area contributed by atoms with Crippen LogP contribution in [0.15, 0.2) is 0 Å².